The fourth-order valence-electron chi connectivity index (χ4n) is 2.11. The van der Waals surface area contributed by atoms with Gasteiger partial charge in [0.15, 0.2) is 0 Å². The summed E-state index contributed by atoms with van der Waals surface area (Å²) in [7, 11) is -3.21. The van der Waals surface area contributed by atoms with Crippen molar-refractivity contribution in [1.29, 1.82) is 0 Å². The molecule has 1 atom stereocenters. The third-order valence-electron chi connectivity index (χ3n) is 3.13. The van der Waals surface area contributed by atoms with E-state index >= 15 is 0 Å². The van der Waals surface area contributed by atoms with E-state index in [2.05, 4.69) is 0 Å². The van der Waals surface area contributed by atoms with Gasteiger partial charge in [-0.25, -0.2) is 8.42 Å². The van der Waals surface area contributed by atoms with Crippen LogP contribution in [0.25, 0.3) is 0 Å². The zero-order chi connectivity index (χ0) is 14.6. The highest BCUT2D eigenvalue weighted by molar-refractivity contribution is 8.00. The number of nitrogens with two attached hydrogens (primary N) is 1. The van der Waals surface area contributed by atoms with Crippen molar-refractivity contribution in [1.82, 2.24) is 4.31 Å². The van der Waals surface area contributed by atoms with Gasteiger partial charge < -0.3 is 10.5 Å². The Labute approximate surface area is 124 Å². The summed E-state index contributed by atoms with van der Waals surface area (Å²) in [6.45, 7) is 3.28. The molecular weight excluding hydrogens is 296 g/mol. The van der Waals surface area contributed by atoms with Crippen molar-refractivity contribution in [3.05, 3.63) is 24.3 Å². The molecule has 112 valence electrons. The predicted molar refractivity (Wildman–Crippen MR) is 82.4 cm³/mol. The third-order valence-corrected chi connectivity index (χ3v) is 6.36. The van der Waals surface area contributed by atoms with Crippen LogP contribution in [-0.2, 0) is 14.8 Å². The molecule has 0 bridgehead atoms. The molecule has 1 saturated heterocycles. The van der Waals surface area contributed by atoms with E-state index in [0.717, 1.165) is 4.90 Å². The molecule has 2 rings (SSSR count). The lowest BCUT2D eigenvalue weighted by Crippen LogP contribution is -2.48. The molecule has 2 N–H and O–H groups in total. The molecule has 20 heavy (non-hydrogen) atoms. The molecule has 0 aromatic heterocycles. The molecule has 0 spiro atoms. The highest BCUT2D eigenvalue weighted by Crippen LogP contribution is 2.21. The van der Waals surface area contributed by atoms with Crippen LogP contribution in [-0.4, -0.2) is 50.0 Å². The van der Waals surface area contributed by atoms with Crippen molar-refractivity contribution in [3.63, 3.8) is 0 Å². The molecule has 0 aliphatic carbocycles. The Balaban J connectivity index is 1.89. The van der Waals surface area contributed by atoms with Gasteiger partial charge in [0, 0.05) is 28.9 Å². The van der Waals surface area contributed by atoms with E-state index in [1.165, 1.54) is 11.8 Å². The Morgan fingerprint density at radius 1 is 1.50 bits per heavy atom. The molecule has 5 nitrogen and oxygen atoms in total. The molecule has 1 fully saturated rings. The Bertz CT molecular complexity index is 548. The molecule has 0 amide bonds. The van der Waals surface area contributed by atoms with Crippen LogP contribution in [0.3, 0.4) is 0 Å². The van der Waals surface area contributed by atoms with Crippen molar-refractivity contribution in [3.8, 4) is 0 Å². The lowest BCUT2D eigenvalue weighted by atomic mass is 10.3. The summed E-state index contributed by atoms with van der Waals surface area (Å²) in [6.07, 6.45) is 0. The second-order valence-electron chi connectivity index (χ2n) is 4.77. The van der Waals surface area contributed by atoms with E-state index < -0.39 is 10.0 Å². The highest BCUT2D eigenvalue weighted by atomic mass is 32.2. The highest BCUT2D eigenvalue weighted by Gasteiger charge is 2.29. The summed E-state index contributed by atoms with van der Waals surface area (Å²) in [6, 6.07) is 7.40. The summed E-state index contributed by atoms with van der Waals surface area (Å²) in [5, 5.41) is 0. The average Bonchev–Trinajstić information content (AvgIpc) is 2.39. The number of morpholine rings is 1. The number of thioether (sulfide) groups is 1. The Hall–Kier alpha value is -0.760. The first kappa shape index (κ1) is 15.6. The average molecular weight is 316 g/mol. The van der Waals surface area contributed by atoms with Crippen LogP contribution in [0.15, 0.2) is 29.2 Å². The van der Waals surface area contributed by atoms with Gasteiger partial charge in [0.2, 0.25) is 10.0 Å². The van der Waals surface area contributed by atoms with Crippen LogP contribution in [0.1, 0.15) is 6.92 Å². The van der Waals surface area contributed by atoms with Crippen molar-refractivity contribution in [2.45, 2.75) is 17.9 Å². The SMILES string of the molecule is C[C@@H]1COCCN1S(=O)(=O)CCSc1cccc(N)c1. The van der Waals surface area contributed by atoms with Crippen LogP contribution in [0.2, 0.25) is 0 Å². The number of ether oxygens (including phenoxy) is 1. The summed E-state index contributed by atoms with van der Waals surface area (Å²) in [4.78, 5) is 0.996. The van der Waals surface area contributed by atoms with Gasteiger partial charge in [-0.15, -0.1) is 11.8 Å². The fourth-order valence-corrected chi connectivity index (χ4v) is 5.11. The van der Waals surface area contributed by atoms with Crippen LogP contribution < -0.4 is 5.73 Å². The minimum atomic E-state index is -3.21. The zero-order valence-electron chi connectivity index (χ0n) is 11.5. The topological polar surface area (TPSA) is 72.6 Å². The predicted octanol–water partition coefficient (Wildman–Crippen LogP) is 1.41. The van der Waals surface area contributed by atoms with E-state index in [-0.39, 0.29) is 11.8 Å². The van der Waals surface area contributed by atoms with Gasteiger partial charge in [0.05, 0.1) is 19.0 Å². The number of benzene rings is 1. The standard InChI is InChI=1S/C13H20N2O3S2/c1-11-10-18-6-5-15(11)20(16,17)8-7-19-13-4-2-3-12(14)9-13/h2-4,9,11H,5-8,10,14H2,1H3/t11-/m1/s1. The fraction of sp³-hybridized carbons (Fsp3) is 0.538. The molecule has 1 aromatic rings. The molecule has 0 saturated carbocycles. The third kappa shape index (κ3) is 4.12. The Morgan fingerprint density at radius 3 is 3.00 bits per heavy atom. The van der Waals surface area contributed by atoms with Gasteiger partial charge in [-0.2, -0.15) is 4.31 Å². The van der Waals surface area contributed by atoms with Crippen molar-refractivity contribution in [2.24, 2.45) is 0 Å². The van der Waals surface area contributed by atoms with Crippen molar-refractivity contribution >= 4 is 27.5 Å². The Kier molecular flexibility index (Phi) is 5.31. The summed E-state index contributed by atoms with van der Waals surface area (Å²) in [5.74, 6) is 0.659. The molecule has 1 heterocycles. The molecule has 7 heteroatoms. The number of hydrogen-bond acceptors (Lipinski definition) is 5. The van der Waals surface area contributed by atoms with Crippen LogP contribution in [0.5, 0.6) is 0 Å². The van der Waals surface area contributed by atoms with Gasteiger partial charge >= 0.3 is 0 Å². The maximum absolute atomic E-state index is 12.3. The summed E-state index contributed by atoms with van der Waals surface area (Å²) < 4.78 is 31.4. The molecular formula is C13H20N2O3S2. The second-order valence-corrected chi connectivity index (χ2v) is 7.98. The maximum atomic E-state index is 12.3. The summed E-state index contributed by atoms with van der Waals surface area (Å²) >= 11 is 1.51. The lowest BCUT2D eigenvalue weighted by Gasteiger charge is -2.32. The number of rotatable bonds is 5. The molecule has 0 radical (unpaired) electrons. The molecule has 1 aliphatic heterocycles. The monoisotopic (exact) mass is 316 g/mol. The number of nitrogens with zero attached hydrogens (tertiary/aromatic N) is 1. The minimum absolute atomic E-state index is 0.0777. The van der Waals surface area contributed by atoms with Gasteiger partial charge in [-0.1, -0.05) is 6.07 Å². The maximum Gasteiger partial charge on any atom is 0.215 e. The van der Waals surface area contributed by atoms with E-state index in [0.29, 0.717) is 31.2 Å². The van der Waals surface area contributed by atoms with E-state index in [4.69, 9.17) is 10.5 Å². The van der Waals surface area contributed by atoms with Gasteiger partial charge in [0.25, 0.3) is 0 Å². The number of nitrogen functional groups attached to an aromatic ring is 1. The zero-order valence-corrected chi connectivity index (χ0v) is 13.1. The van der Waals surface area contributed by atoms with Crippen LogP contribution in [0.4, 0.5) is 5.69 Å². The van der Waals surface area contributed by atoms with E-state index in [9.17, 15) is 8.42 Å². The molecule has 0 unspecified atom stereocenters. The van der Waals surface area contributed by atoms with Gasteiger partial charge in [0.1, 0.15) is 0 Å². The second kappa shape index (κ2) is 6.80. The first-order valence-corrected chi connectivity index (χ1v) is 9.14. The lowest BCUT2D eigenvalue weighted by molar-refractivity contribution is 0.0393. The largest absolute Gasteiger partial charge is 0.399 e. The molecule has 1 aliphatic rings. The van der Waals surface area contributed by atoms with Crippen molar-refractivity contribution in [2.75, 3.05) is 37.0 Å². The normalized spacial score (nSPS) is 20.9. The van der Waals surface area contributed by atoms with Crippen molar-refractivity contribution < 1.29 is 13.2 Å². The van der Waals surface area contributed by atoms with Crippen LogP contribution >= 0.6 is 11.8 Å². The number of sulfonamides is 1. The first-order chi connectivity index (χ1) is 9.49. The van der Waals surface area contributed by atoms with E-state index in [1.807, 2.05) is 31.2 Å². The number of anilines is 1. The van der Waals surface area contributed by atoms with Gasteiger partial charge in [-0.05, 0) is 25.1 Å². The quantitative estimate of drug-likeness (QED) is 0.657. The smallest absolute Gasteiger partial charge is 0.215 e. The Morgan fingerprint density at radius 2 is 2.30 bits per heavy atom. The number of hydrogen-bond donors (Lipinski definition) is 1. The minimum Gasteiger partial charge on any atom is -0.399 e. The molecule has 1 aromatic carbocycles. The van der Waals surface area contributed by atoms with Crippen LogP contribution in [0, 0.1) is 0 Å². The van der Waals surface area contributed by atoms with E-state index in [1.54, 1.807) is 4.31 Å². The summed E-state index contributed by atoms with van der Waals surface area (Å²) in [5.41, 5.74) is 6.39. The van der Waals surface area contributed by atoms with Gasteiger partial charge in [-0.3, -0.25) is 0 Å². The first-order valence-electron chi connectivity index (χ1n) is 6.54.